The van der Waals surface area contributed by atoms with Crippen LogP contribution in [0.5, 0.6) is 0 Å². The van der Waals surface area contributed by atoms with Crippen molar-refractivity contribution in [1.82, 2.24) is 15.1 Å². The van der Waals surface area contributed by atoms with Crippen molar-refractivity contribution in [3.63, 3.8) is 0 Å². The lowest BCUT2D eigenvalue weighted by Crippen LogP contribution is -2.27. The molecule has 2 aromatic carbocycles. The smallest absolute Gasteiger partial charge is 0.261 e. The van der Waals surface area contributed by atoms with E-state index in [0.717, 1.165) is 32.6 Å². The minimum atomic E-state index is -0.732. The minimum absolute atomic E-state index is 0.172. The number of carbonyl (C=O) groups is 1. The lowest BCUT2D eigenvalue weighted by molar-refractivity contribution is 0.0920. The molecule has 4 rings (SSSR count). The number of aliphatic hydroxyl groups excluding tert-OH is 1. The number of nitrogens with one attached hydrogen (secondary N) is 1. The van der Waals surface area contributed by atoms with E-state index in [1.54, 1.807) is 0 Å². The molecule has 4 aromatic rings. The van der Waals surface area contributed by atoms with Gasteiger partial charge in [0.25, 0.3) is 5.91 Å². The van der Waals surface area contributed by atoms with E-state index in [1.807, 2.05) is 67.1 Å². The van der Waals surface area contributed by atoms with Crippen molar-refractivity contribution in [1.29, 1.82) is 0 Å². The van der Waals surface area contributed by atoms with E-state index in [-0.39, 0.29) is 12.5 Å². The van der Waals surface area contributed by atoms with Crippen LogP contribution in [0.25, 0.3) is 10.2 Å². The van der Waals surface area contributed by atoms with E-state index >= 15 is 0 Å². The fourth-order valence-electron chi connectivity index (χ4n) is 3.27. The topological polar surface area (TPSA) is 67.2 Å². The summed E-state index contributed by atoms with van der Waals surface area (Å²) in [5.74, 6) is -0.178. The molecule has 148 valence electrons. The molecular weight excluding hydrogens is 382 g/mol. The van der Waals surface area contributed by atoms with Crippen LogP contribution in [0.4, 0.5) is 0 Å². The molecule has 6 heteroatoms. The number of hydrogen-bond donors (Lipinski definition) is 2. The molecule has 0 aliphatic heterocycles. The summed E-state index contributed by atoms with van der Waals surface area (Å²) >= 11 is 1.43. The van der Waals surface area contributed by atoms with E-state index in [9.17, 15) is 9.90 Å². The van der Waals surface area contributed by atoms with Gasteiger partial charge in [-0.15, -0.1) is 11.3 Å². The van der Waals surface area contributed by atoms with Gasteiger partial charge < -0.3 is 10.4 Å². The molecule has 0 aliphatic rings. The van der Waals surface area contributed by atoms with Gasteiger partial charge in [0.15, 0.2) is 0 Å². The van der Waals surface area contributed by atoms with E-state index in [2.05, 4.69) is 22.5 Å². The van der Waals surface area contributed by atoms with Gasteiger partial charge in [-0.25, -0.2) is 0 Å². The number of amides is 1. The Morgan fingerprint density at radius 1 is 1.14 bits per heavy atom. The predicted octanol–water partition coefficient (Wildman–Crippen LogP) is 4.23. The molecule has 0 bridgehead atoms. The van der Waals surface area contributed by atoms with Crippen molar-refractivity contribution in [3.05, 3.63) is 87.9 Å². The number of aromatic nitrogens is 2. The second-order valence-electron chi connectivity index (χ2n) is 7.19. The van der Waals surface area contributed by atoms with Crippen LogP contribution in [0.1, 0.15) is 38.2 Å². The third kappa shape index (κ3) is 4.23. The Hall–Kier alpha value is -2.96. The largest absolute Gasteiger partial charge is 0.387 e. The number of benzene rings is 2. The molecule has 0 fully saturated rings. The number of fused-ring (bicyclic) bond motifs is 1. The van der Waals surface area contributed by atoms with Crippen molar-refractivity contribution in [2.24, 2.45) is 0 Å². The second-order valence-corrected chi connectivity index (χ2v) is 8.23. The molecule has 0 saturated carbocycles. The Labute approximate surface area is 173 Å². The standard InChI is InChI=1S/C23H23N3O2S/c1-15-8-10-18(11-9-15)20(27)13-24-22(28)21-12-19-16(2)25-26(23(19)29-21)14-17-6-4-3-5-7-17/h3-12,20,27H,13-14H2,1-2H3,(H,24,28). The first-order valence-electron chi connectivity index (χ1n) is 9.55. The zero-order valence-electron chi connectivity index (χ0n) is 16.4. The third-order valence-corrected chi connectivity index (χ3v) is 6.07. The second kappa shape index (κ2) is 8.19. The number of carbonyl (C=O) groups excluding carboxylic acids is 1. The van der Waals surface area contributed by atoms with Gasteiger partial charge in [-0.1, -0.05) is 60.2 Å². The normalized spacial score (nSPS) is 12.2. The van der Waals surface area contributed by atoms with Crippen LogP contribution in [-0.4, -0.2) is 27.3 Å². The number of hydrogen-bond acceptors (Lipinski definition) is 4. The Kier molecular flexibility index (Phi) is 5.47. The van der Waals surface area contributed by atoms with E-state index in [1.165, 1.54) is 11.3 Å². The van der Waals surface area contributed by atoms with Gasteiger partial charge in [0.05, 0.1) is 23.2 Å². The van der Waals surface area contributed by atoms with Crippen LogP contribution in [0.2, 0.25) is 0 Å². The summed E-state index contributed by atoms with van der Waals surface area (Å²) < 4.78 is 1.95. The number of aliphatic hydroxyl groups is 1. The lowest BCUT2D eigenvalue weighted by Gasteiger charge is -2.12. The molecule has 2 aromatic heterocycles. The first-order chi connectivity index (χ1) is 14.0. The molecule has 0 aliphatic carbocycles. The summed E-state index contributed by atoms with van der Waals surface area (Å²) in [5, 5.41) is 18.8. The fraction of sp³-hybridized carbons (Fsp3) is 0.217. The Morgan fingerprint density at radius 2 is 1.86 bits per heavy atom. The highest BCUT2D eigenvalue weighted by Crippen LogP contribution is 2.29. The van der Waals surface area contributed by atoms with Crippen LogP contribution in [0.3, 0.4) is 0 Å². The molecule has 29 heavy (non-hydrogen) atoms. The SMILES string of the molecule is Cc1ccc(C(O)CNC(=O)c2cc3c(C)nn(Cc4ccccc4)c3s2)cc1. The van der Waals surface area contributed by atoms with Gasteiger partial charge in [-0.2, -0.15) is 5.10 Å². The molecule has 0 spiro atoms. The van der Waals surface area contributed by atoms with Gasteiger partial charge in [0, 0.05) is 11.9 Å². The molecular formula is C23H23N3O2S. The summed E-state index contributed by atoms with van der Waals surface area (Å²) in [6.45, 7) is 4.80. The van der Waals surface area contributed by atoms with Crippen LogP contribution < -0.4 is 5.32 Å². The van der Waals surface area contributed by atoms with Crippen molar-refractivity contribution in [2.45, 2.75) is 26.5 Å². The highest BCUT2D eigenvalue weighted by Gasteiger charge is 2.17. The number of aryl methyl sites for hydroxylation is 2. The Morgan fingerprint density at radius 3 is 2.59 bits per heavy atom. The highest BCUT2D eigenvalue weighted by atomic mass is 32.1. The van der Waals surface area contributed by atoms with Crippen molar-refractivity contribution in [3.8, 4) is 0 Å². The van der Waals surface area contributed by atoms with Gasteiger partial charge in [0.1, 0.15) is 4.83 Å². The van der Waals surface area contributed by atoms with E-state index in [0.29, 0.717) is 11.4 Å². The predicted molar refractivity (Wildman–Crippen MR) is 116 cm³/mol. The van der Waals surface area contributed by atoms with Gasteiger partial charge in [0.2, 0.25) is 0 Å². The minimum Gasteiger partial charge on any atom is -0.387 e. The Balaban J connectivity index is 1.48. The van der Waals surface area contributed by atoms with Crippen LogP contribution >= 0.6 is 11.3 Å². The quantitative estimate of drug-likeness (QED) is 0.505. The van der Waals surface area contributed by atoms with Crippen molar-refractivity contribution in [2.75, 3.05) is 6.54 Å². The average Bonchev–Trinajstić information content (AvgIpc) is 3.29. The zero-order valence-corrected chi connectivity index (χ0v) is 17.2. The Bertz CT molecular complexity index is 1130. The van der Waals surface area contributed by atoms with E-state index < -0.39 is 6.10 Å². The summed E-state index contributed by atoms with van der Waals surface area (Å²) in [4.78, 5) is 14.2. The number of thiophene rings is 1. The maximum Gasteiger partial charge on any atom is 0.261 e. The highest BCUT2D eigenvalue weighted by molar-refractivity contribution is 7.20. The molecule has 1 atom stereocenters. The van der Waals surface area contributed by atoms with Gasteiger partial charge >= 0.3 is 0 Å². The number of nitrogens with zero attached hydrogens (tertiary/aromatic N) is 2. The summed E-state index contributed by atoms with van der Waals surface area (Å²) in [7, 11) is 0. The van der Waals surface area contributed by atoms with Crippen molar-refractivity contribution < 1.29 is 9.90 Å². The molecule has 5 nitrogen and oxygen atoms in total. The third-order valence-electron chi connectivity index (χ3n) is 4.92. The molecule has 0 saturated heterocycles. The molecule has 2 heterocycles. The average molecular weight is 406 g/mol. The van der Waals surface area contributed by atoms with Crippen LogP contribution in [0.15, 0.2) is 60.7 Å². The van der Waals surface area contributed by atoms with Gasteiger partial charge in [-0.3, -0.25) is 9.48 Å². The summed E-state index contributed by atoms with van der Waals surface area (Å²) in [5.41, 5.74) is 4.00. The first-order valence-corrected chi connectivity index (χ1v) is 10.4. The monoisotopic (exact) mass is 405 g/mol. The fourth-order valence-corrected chi connectivity index (χ4v) is 4.35. The zero-order chi connectivity index (χ0) is 20.4. The molecule has 1 amide bonds. The van der Waals surface area contributed by atoms with E-state index in [4.69, 9.17) is 0 Å². The summed E-state index contributed by atoms with van der Waals surface area (Å²) in [6.07, 6.45) is -0.732. The first kappa shape index (κ1) is 19.4. The maximum atomic E-state index is 12.6. The molecule has 2 N–H and O–H groups in total. The number of rotatable bonds is 6. The van der Waals surface area contributed by atoms with Crippen molar-refractivity contribution >= 4 is 27.5 Å². The molecule has 0 radical (unpaired) electrons. The van der Waals surface area contributed by atoms with Gasteiger partial charge in [-0.05, 0) is 31.0 Å². The molecule has 1 unspecified atom stereocenters. The lowest BCUT2D eigenvalue weighted by atomic mass is 10.1. The van der Waals surface area contributed by atoms with Crippen LogP contribution in [-0.2, 0) is 6.54 Å². The summed E-state index contributed by atoms with van der Waals surface area (Å²) in [6, 6.07) is 19.7. The van der Waals surface area contributed by atoms with Crippen LogP contribution in [0, 0.1) is 13.8 Å². The maximum absolute atomic E-state index is 12.6.